The second-order valence-electron chi connectivity index (χ2n) is 5.01. The highest BCUT2D eigenvalue weighted by Crippen LogP contribution is 2.18. The Bertz CT molecular complexity index is 334. The molecule has 1 aromatic heterocycles. The van der Waals surface area contributed by atoms with E-state index in [0.29, 0.717) is 18.1 Å². The van der Waals surface area contributed by atoms with Crippen molar-refractivity contribution in [2.75, 3.05) is 0 Å². The molecule has 0 spiro atoms. The number of carbonyl (C=O) groups is 1. The fourth-order valence-electron chi connectivity index (χ4n) is 2.20. The van der Waals surface area contributed by atoms with Crippen LogP contribution < -0.4 is 0 Å². The van der Waals surface area contributed by atoms with Crippen LogP contribution in [0.5, 0.6) is 0 Å². The first-order valence-corrected chi connectivity index (χ1v) is 7.16. The highest BCUT2D eigenvalue weighted by molar-refractivity contribution is 5.78. The van der Waals surface area contributed by atoms with Gasteiger partial charge in [-0.2, -0.15) is 0 Å². The monoisotopic (exact) mass is 247 g/mol. The zero-order valence-electron chi connectivity index (χ0n) is 11.7. The summed E-state index contributed by atoms with van der Waals surface area (Å²) in [5.41, 5.74) is 1.21. The van der Waals surface area contributed by atoms with E-state index in [4.69, 9.17) is 0 Å². The Morgan fingerprint density at radius 1 is 1.28 bits per heavy atom. The number of hydrogen-bond acceptors (Lipinski definition) is 2. The topological polar surface area (TPSA) is 30.0 Å². The number of rotatable bonds is 9. The number of aromatic nitrogens is 1. The zero-order valence-corrected chi connectivity index (χ0v) is 11.7. The van der Waals surface area contributed by atoms with E-state index in [1.54, 1.807) is 12.4 Å². The van der Waals surface area contributed by atoms with Gasteiger partial charge in [-0.1, -0.05) is 39.5 Å². The maximum atomic E-state index is 11.9. The van der Waals surface area contributed by atoms with E-state index in [9.17, 15) is 4.79 Å². The van der Waals surface area contributed by atoms with Crippen molar-refractivity contribution in [3.05, 3.63) is 30.1 Å². The lowest BCUT2D eigenvalue weighted by Crippen LogP contribution is -2.09. The molecule has 0 aromatic carbocycles. The standard InChI is InChI=1S/C16H25NO/c1-3-5-6-14(4-2)13-16(18)8-7-15-9-11-17-12-10-15/h9-12,14H,3-8,13H2,1-2H3. The second-order valence-corrected chi connectivity index (χ2v) is 5.01. The van der Waals surface area contributed by atoms with E-state index in [0.717, 1.165) is 19.3 Å². The van der Waals surface area contributed by atoms with Crippen LogP contribution in [0.2, 0.25) is 0 Å². The van der Waals surface area contributed by atoms with Crippen LogP contribution in [-0.4, -0.2) is 10.8 Å². The third-order valence-corrected chi connectivity index (χ3v) is 3.50. The van der Waals surface area contributed by atoms with Crippen molar-refractivity contribution in [3.8, 4) is 0 Å². The minimum atomic E-state index is 0.412. The Hall–Kier alpha value is -1.18. The van der Waals surface area contributed by atoms with Crippen LogP contribution in [0.1, 0.15) is 57.9 Å². The summed E-state index contributed by atoms with van der Waals surface area (Å²) in [7, 11) is 0. The van der Waals surface area contributed by atoms with Crippen molar-refractivity contribution in [1.29, 1.82) is 0 Å². The summed E-state index contributed by atoms with van der Waals surface area (Å²) in [4.78, 5) is 15.9. The fourth-order valence-corrected chi connectivity index (χ4v) is 2.20. The van der Waals surface area contributed by atoms with Gasteiger partial charge in [-0.25, -0.2) is 0 Å². The Labute approximate surface area is 111 Å². The number of hydrogen-bond donors (Lipinski definition) is 0. The molecule has 18 heavy (non-hydrogen) atoms. The van der Waals surface area contributed by atoms with E-state index >= 15 is 0 Å². The van der Waals surface area contributed by atoms with Gasteiger partial charge in [0.25, 0.3) is 0 Å². The summed E-state index contributed by atoms with van der Waals surface area (Å²) >= 11 is 0. The molecule has 0 radical (unpaired) electrons. The Kier molecular flexibility index (Phi) is 7.31. The van der Waals surface area contributed by atoms with E-state index in [-0.39, 0.29) is 0 Å². The number of pyridine rings is 1. The van der Waals surface area contributed by atoms with Crippen molar-refractivity contribution in [1.82, 2.24) is 4.98 Å². The van der Waals surface area contributed by atoms with E-state index in [1.807, 2.05) is 12.1 Å². The molecule has 0 bridgehead atoms. The molecule has 1 unspecified atom stereocenters. The zero-order chi connectivity index (χ0) is 13.2. The Morgan fingerprint density at radius 2 is 2.00 bits per heavy atom. The van der Waals surface area contributed by atoms with Crippen LogP contribution in [0.25, 0.3) is 0 Å². The molecule has 0 saturated heterocycles. The number of Topliss-reactive ketones (excluding diaryl/α,β-unsaturated/α-hetero) is 1. The van der Waals surface area contributed by atoms with Crippen LogP contribution in [-0.2, 0) is 11.2 Å². The van der Waals surface area contributed by atoms with Gasteiger partial charge in [0.15, 0.2) is 0 Å². The Balaban J connectivity index is 2.28. The molecular formula is C16H25NO. The molecule has 1 aromatic rings. The highest BCUT2D eigenvalue weighted by atomic mass is 16.1. The van der Waals surface area contributed by atoms with Crippen LogP contribution >= 0.6 is 0 Å². The molecule has 0 N–H and O–H groups in total. The second kappa shape index (κ2) is 8.84. The number of ketones is 1. The van der Waals surface area contributed by atoms with Gasteiger partial charge in [0.1, 0.15) is 5.78 Å². The molecule has 0 amide bonds. The van der Waals surface area contributed by atoms with Crippen molar-refractivity contribution in [2.45, 2.75) is 58.8 Å². The molecular weight excluding hydrogens is 222 g/mol. The van der Waals surface area contributed by atoms with Crippen LogP contribution in [0.3, 0.4) is 0 Å². The third-order valence-electron chi connectivity index (χ3n) is 3.50. The molecule has 0 aliphatic rings. The summed E-state index contributed by atoms with van der Waals surface area (Å²) in [6.07, 6.45) is 10.7. The first-order chi connectivity index (χ1) is 8.76. The molecule has 100 valence electrons. The summed E-state index contributed by atoms with van der Waals surface area (Å²) in [5.74, 6) is 1.00. The fraction of sp³-hybridized carbons (Fsp3) is 0.625. The lowest BCUT2D eigenvalue weighted by Gasteiger charge is -2.13. The smallest absolute Gasteiger partial charge is 0.133 e. The minimum absolute atomic E-state index is 0.412. The minimum Gasteiger partial charge on any atom is -0.300 e. The molecule has 1 rings (SSSR count). The average Bonchev–Trinajstić information content (AvgIpc) is 2.42. The van der Waals surface area contributed by atoms with Crippen LogP contribution in [0.15, 0.2) is 24.5 Å². The Morgan fingerprint density at radius 3 is 2.61 bits per heavy atom. The molecule has 1 atom stereocenters. The molecule has 0 fully saturated rings. The maximum absolute atomic E-state index is 11.9. The number of unbranched alkanes of at least 4 members (excludes halogenated alkanes) is 1. The first kappa shape index (κ1) is 14.9. The lowest BCUT2D eigenvalue weighted by atomic mass is 9.92. The van der Waals surface area contributed by atoms with Crippen molar-refractivity contribution < 1.29 is 4.79 Å². The van der Waals surface area contributed by atoms with Crippen molar-refractivity contribution in [2.24, 2.45) is 5.92 Å². The maximum Gasteiger partial charge on any atom is 0.133 e. The van der Waals surface area contributed by atoms with E-state index in [2.05, 4.69) is 18.8 Å². The summed E-state index contributed by atoms with van der Waals surface area (Å²) in [6, 6.07) is 3.98. The van der Waals surface area contributed by atoms with Crippen molar-refractivity contribution in [3.63, 3.8) is 0 Å². The van der Waals surface area contributed by atoms with Gasteiger partial charge in [-0.05, 0) is 30.0 Å². The number of carbonyl (C=O) groups excluding carboxylic acids is 1. The summed E-state index contributed by atoms with van der Waals surface area (Å²) in [5, 5.41) is 0. The van der Waals surface area contributed by atoms with Gasteiger partial charge in [-0.15, -0.1) is 0 Å². The van der Waals surface area contributed by atoms with Gasteiger partial charge in [-0.3, -0.25) is 9.78 Å². The van der Waals surface area contributed by atoms with Crippen LogP contribution in [0, 0.1) is 5.92 Å². The van der Waals surface area contributed by atoms with Gasteiger partial charge >= 0.3 is 0 Å². The summed E-state index contributed by atoms with van der Waals surface area (Å²) in [6.45, 7) is 4.40. The molecule has 0 aliphatic heterocycles. The van der Waals surface area contributed by atoms with Gasteiger partial charge in [0, 0.05) is 25.2 Å². The molecule has 2 nitrogen and oxygen atoms in total. The predicted molar refractivity (Wildman–Crippen MR) is 75.5 cm³/mol. The highest BCUT2D eigenvalue weighted by Gasteiger charge is 2.11. The van der Waals surface area contributed by atoms with Crippen molar-refractivity contribution >= 4 is 5.78 Å². The molecule has 0 aliphatic carbocycles. The van der Waals surface area contributed by atoms with Crippen LogP contribution in [0.4, 0.5) is 0 Å². The largest absolute Gasteiger partial charge is 0.300 e. The predicted octanol–water partition coefficient (Wildman–Crippen LogP) is 4.19. The third kappa shape index (κ3) is 5.95. The van der Waals surface area contributed by atoms with E-state index < -0.39 is 0 Å². The van der Waals surface area contributed by atoms with Gasteiger partial charge < -0.3 is 0 Å². The molecule has 0 saturated carbocycles. The normalized spacial score (nSPS) is 12.3. The van der Waals surface area contributed by atoms with Gasteiger partial charge in [0.05, 0.1) is 0 Å². The average molecular weight is 247 g/mol. The van der Waals surface area contributed by atoms with E-state index in [1.165, 1.54) is 24.8 Å². The number of nitrogens with zero attached hydrogens (tertiary/aromatic N) is 1. The number of aryl methyl sites for hydroxylation is 1. The lowest BCUT2D eigenvalue weighted by molar-refractivity contribution is -0.120. The first-order valence-electron chi connectivity index (χ1n) is 7.16. The SMILES string of the molecule is CCCCC(CC)CC(=O)CCc1ccncc1. The molecule has 2 heteroatoms. The quantitative estimate of drug-likeness (QED) is 0.655. The molecule has 1 heterocycles. The summed E-state index contributed by atoms with van der Waals surface area (Å²) < 4.78 is 0. The van der Waals surface area contributed by atoms with Gasteiger partial charge in [0.2, 0.25) is 0 Å².